The van der Waals surface area contributed by atoms with E-state index in [9.17, 15) is 0 Å². The van der Waals surface area contributed by atoms with Gasteiger partial charge in [0.05, 0.1) is 0 Å². The molecule has 0 spiro atoms. The Labute approximate surface area is 126 Å². The van der Waals surface area contributed by atoms with Crippen molar-refractivity contribution in [1.82, 2.24) is 19.7 Å². The summed E-state index contributed by atoms with van der Waals surface area (Å²) in [5.41, 5.74) is 2.46. The molecule has 0 unspecified atom stereocenters. The Hall–Kier alpha value is -1.88. The van der Waals surface area contributed by atoms with Gasteiger partial charge in [-0.25, -0.2) is 0 Å². The zero-order valence-electron chi connectivity index (χ0n) is 13.3. The van der Waals surface area contributed by atoms with Gasteiger partial charge in [-0.1, -0.05) is 17.7 Å². The highest BCUT2D eigenvalue weighted by Gasteiger charge is 2.03. The van der Waals surface area contributed by atoms with Crippen LogP contribution in [0.2, 0.25) is 0 Å². The topological polar surface area (TPSA) is 43.2 Å². The number of hydrogen-bond donors (Lipinski definition) is 0. The summed E-state index contributed by atoms with van der Waals surface area (Å²) in [6, 6.07) is 6.28. The molecule has 21 heavy (non-hydrogen) atoms. The van der Waals surface area contributed by atoms with Crippen LogP contribution in [0.15, 0.2) is 24.5 Å². The molecule has 0 saturated heterocycles. The van der Waals surface area contributed by atoms with Crippen LogP contribution < -0.4 is 4.74 Å². The van der Waals surface area contributed by atoms with Crippen LogP contribution in [0.25, 0.3) is 0 Å². The quantitative estimate of drug-likeness (QED) is 0.783. The number of aromatic nitrogens is 3. The predicted molar refractivity (Wildman–Crippen MR) is 83.7 cm³/mol. The zero-order chi connectivity index (χ0) is 15.2. The van der Waals surface area contributed by atoms with Crippen molar-refractivity contribution in [2.45, 2.75) is 27.3 Å². The average Bonchev–Trinajstić information content (AvgIpc) is 2.84. The van der Waals surface area contributed by atoms with Crippen molar-refractivity contribution in [1.29, 1.82) is 0 Å². The lowest BCUT2D eigenvalue weighted by molar-refractivity contribution is 0.231. The number of hydrogen-bond acceptors (Lipinski definition) is 4. The Morgan fingerprint density at radius 1 is 1.19 bits per heavy atom. The Kier molecular flexibility index (Phi) is 5.33. The molecule has 2 rings (SSSR count). The first-order chi connectivity index (χ1) is 10.1. The van der Waals surface area contributed by atoms with E-state index in [4.69, 9.17) is 4.74 Å². The number of nitrogens with zero attached hydrogens (tertiary/aromatic N) is 4. The van der Waals surface area contributed by atoms with Crippen LogP contribution in [0, 0.1) is 20.8 Å². The smallest absolute Gasteiger partial charge is 0.129 e. The Morgan fingerprint density at radius 2 is 2.00 bits per heavy atom. The molecule has 0 radical (unpaired) electrons. The third-order valence-electron chi connectivity index (χ3n) is 3.59. The SMILES string of the molecule is Cc1ccc(OCCN(C)CCn2cnnc2C)c(C)c1. The molecule has 1 aromatic heterocycles. The average molecular weight is 288 g/mol. The molecular formula is C16H24N4O. The van der Waals surface area contributed by atoms with E-state index in [2.05, 4.69) is 52.7 Å². The van der Waals surface area contributed by atoms with E-state index < -0.39 is 0 Å². The maximum Gasteiger partial charge on any atom is 0.129 e. The molecule has 5 nitrogen and oxygen atoms in total. The van der Waals surface area contributed by atoms with Crippen molar-refractivity contribution >= 4 is 0 Å². The summed E-state index contributed by atoms with van der Waals surface area (Å²) < 4.78 is 7.91. The molecule has 0 aliphatic rings. The molecule has 0 fully saturated rings. The van der Waals surface area contributed by atoms with Crippen LogP contribution in [0.4, 0.5) is 0 Å². The van der Waals surface area contributed by atoms with Crippen LogP contribution in [-0.2, 0) is 6.54 Å². The van der Waals surface area contributed by atoms with Gasteiger partial charge >= 0.3 is 0 Å². The summed E-state index contributed by atoms with van der Waals surface area (Å²) in [4.78, 5) is 2.25. The van der Waals surface area contributed by atoms with Crippen LogP contribution in [0.1, 0.15) is 17.0 Å². The van der Waals surface area contributed by atoms with Crippen molar-refractivity contribution in [3.8, 4) is 5.75 Å². The van der Waals surface area contributed by atoms with E-state index in [0.29, 0.717) is 6.61 Å². The minimum absolute atomic E-state index is 0.696. The number of benzene rings is 1. The van der Waals surface area contributed by atoms with Gasteiger partial charge in [0, 0.05) is 19.6 Å². The normalized spacial score (nSPS) is 11.1. The second kappa shape index (κ2) is 7.22. The third kappa shape index (κ3) is 4.56. The number of rotatable bonds is 7. The number of aryl methyl sites for hydroxylation is 3. The fraction of sp³-hybridized carbons (Fsp3) is 0.500. The number of ether oxygens (including phenoxy) is 1. The van der Waals surface area contributed by atoms with Gasteiger partial charge in [0.1, 0.15) is 24.5 Å². The second-order valence-corrected chi connectivity index (χ2v) is 5.49. The first-order valence-corrected chi connectivity index (χ1v) is 7.29. The summed E-state index contributed by atoms with van der Waals surface area (Å²) in [5.74, 6) is 1.93. The zero-order valence-corrected chi connectivity index (χ0v) is 13.3. The minimum Gasteiger partial charge on any atom is -0.492 e. The summed E-state index contributed by atoms with van der Waals surface area (Å²) in [5, 5.41) is 7.87. The lowest BCUT2D eigenvalue weighted by Crippen LogP contribution is -2.28. The van der Waals surface area contributed by atoms with Gasteiger partial charge in [-0.2, -0.15) is 0 Å². The lowest BCUT2D eigenvalue weighted by Gasteiger charge is -2.18. The molecular weight excluding hydrogens is 264 g/mol. The summed E-state index contributed by atoms with van der Waals surface area (Å²) in [6.07, 6.45) is 1.77. The van der Waals surface area contributed by atoms with Gasteiger partial charge < -0.3 is 14.2 Å². The Bertz CT molecular complexity index is 579. The first-order valence-electron chi connectivity index (χ1n) is 7.29. The van der Waals surface area contributed by atoms with Crippen LogP contribution in [0.5, 0.6) is 5.75 Å². The summed E-state index contributed by atoms with van der Waals surface area (Å²) >= 11 is 0. The Balaban J connectivity index is 1.71. The monoisotopic (exact) mass is 288 g/mol. The molecule has 0 saturated carbocycles. The summed E-state index contributed by atoms with van der Waals surface area (Å²) in [6.45, 7) is 9.60. The predicted octanol–water partition coefficient (Wildman–Crippen LogP) is 2.21. The maximum absolute atomic E-state index is 5.85. The molecule has 2 aromatic rings. The van der Waals surface area contributed by atoms with Gasteiger partial charge in [-0.05, 0) is 39.4 Å². The largest absolute Gasteiger partial charge is 0.492 e. The minimum atomic E-state index is 0.696. The van der Waals surface area contributed by atoms with Crippen molar-refractivity contribution < 1.29 is 4.74 Å². The first kappa shape index (κ1) is 15.5. The fourth-order valence-electron chi connectivity index (χ4n) is 2.20. The molecule has 5 heteroatoms. The van der Waals surface area contributed by atoms with Crippen molar-refractivity contribution in [2.75, 3.05) is 26.7 Å². The molecule has 114 valence electrons. The molecule has 0 amide bonds. The van der Waals surface area contributed by atoms with Crippen molar-refractivity contribution in [2.24, 2.45) is 0 Å². The highest BCUT2D eigenvalue weighted by Crippen LogP contribution is 2.18. The highest BCUT2D eigenvalue weighted by molar-refractivity contribution is 5.35. The Morgan fingerprint density at radius 3 is 2.67 bits per heavy atom. The van der Waals surface area contributed by atoms with Crippen LogP contribution in [0.3, 0.4) is 0 Å². The van der Waals surface area contributed by atoms with E-state index in [0.717, 1.165) is 31.2 Å². The molecule has 1 heterocycles. The lowest BCUT2D eigenvalue weighted by atomic mass is 10.1. The molecule has 0 aliphatic heterocycles. The van der Waals surface area contributed by atoms with Gasteiger partial charge in [0.25, 0.3) is 0 Å². The van der Waals surface area contributed by atoms with Gasteiger partial charge in [0.2, 0.25) is 0 Å². The molecule has 0 atom stereocenters. The molecule has 1 aromatic carbocycles. The van der Waals surface area contributed by atoms with E-state index in [-0.39, 0.29) is 0 Å². The van der Waals surface area contributed by atoms with E-state index in [1.54, 1.807) is 6.33 Å². The molecule has 0 aliphatic carbocycles. The maximum atomic E-state index is 5.85. The van der Waals surface area contributed by atoms with Gasteiger partial charge in [-0.15, -0.1) is 10.2 Å². The third-order valence-corrected chi connectivity index (χ3v) is 3.59. The van der Waals surface area contributed by atoms with Crippen LogP contribution in [-0.4, -0.2) is 46.4 Å². The molecule has 0 N–H and O–H groups in total. The van der Waals surface area contributed by atoms with Gasteiger partial charge in [-0.3, -0.25) is 0 Å². The van der Waals surface area contributed by atoms with Crippen molar-refractivity contribution in [3.63, 3.8) is 0 Å². The second-order valence-electron chi connectivity index (χ2n) is 5.49. The van der Waals surface area contributed by atoms with Gasteiger partial charge in [0.15, 0.2) is 0 Å². The van der Waals surface area contributed by atoms with E-state index >= 15 is 0 Å². The van der Waals surface area contributed by atoms with Crippen molar-refractivity contribution in [3.05, 3.63) is 41.5 Å². The fourth-order valence-corrected chi connectivity index (χ4v) is 2.20. The van der Waals surface area contributed by atoms with Crippen LogP contribution >= 0.6 is 0 Å². The highest BCUT2D eigenvalue weighted by atomic mass is 16.5. The number of likely N-dealkylation sites (N-methyl/N-ethyl adjacent to an activating group) is 1. The van der Waals surface area contributed by atoms with E-state index in [1.807, 2.05) is 13.0 Å². The molecule has 0 bridgehead atoms. The van der Waals surface area contributed by atoms with E-state index in [1.165, 1.54) is 11.1 Å². The standard InChI is InChI=1S/C16H24N4O/c1-13-5-6-16(14(2)11-13)21-10-9-19(4)7-8-20-12-17-18-15(20)3/h5-6,11-12H,7-10H2,1-4H3. The summed E-state index contributed by atoms with van der Waals surface area (Å²) in [7, 11) is 2.10.